The molecule has 43 heavy (non-hydrogen) atoms. The van der Waals surface area contributed by atoms with Crippen molar-refractivity contribution < 1.29 is 0 Å². The van der Waals surface area contributed by atoms with Gasteiger partial charge in [-0.15, -0.1) is 0 Å². The van der Waals surface area contributed by atoms with Gasteiger partial charge < -0.3 is 0 Å². The van der Waals surface area contributed by atoms with E-state index in [0.29, 0.717) is 0 Å². The summed E-state index contributed by atoms with van der Waals surface area (Å²) in [5.74, 6) is 0. The number of aromatic nitrogens is 2. The fraction of sp³-hybridized carbons (Fsp3) is 0.0732. The van der Waals surface area contributed by atoms with Crippen molar-refractivity contribution >= 4 is 27.6 Å². The second-order valence-electron chi connectivity index (χ2n) is 11.4. The van der Waals surface area contributed by atoms with Gasteiger partial charge in [-0.25, -0.2) is 0 Å². The molecule has 1 aliphatic rings. The quantitative estimate of drug-likeness (QED) is 0.204. The van der Waals surface area contributed by atoms with E-state index >= 15 is 0 Å². The summed E-state index contributed by atoms with van der Waals surface area (Å²) in [4.78, 5) is 9.24. The number of aryl methyl sites for hydroxylation is 2. The van der Waals surface area contributed by atoms with Crippen LogP contribution in [0.5, 0.6) is 0 Å². The van der Waals surface area contributed by atoms with Crippen LogP contribution in [0.25, 0.3) is 72.3 Å². The summed E-state index contributed by atoms with van der Waals surface area (Å²) in [5, 5.41) is 5.09. The van der Waals surface area contributed by atoms with Gasteiger partial charge in [0.15, 0.2) is 0 Å². The largest absolute Gasteiger partial charge is 0.263 e. The first-order chi connectivity index (χ1) is 21.2. The summed E-state index contributed by atoms with van der Waals surface area (Å²) in [5.41, 5.74) is 13.2. The van der Waals surface area contributed by atoms with Gasteiger partial charge in [0.25, 0.3) is 0 Å². The molecule has 0 atom stereocenters. The van der Waals surface area contributed by atoms with E-state index in [-0.39, 0.29) is 0 Å². The molecule has 0 saturated carbocycles. The zero-order valence-corrected chi connectivity index (χ0v) is 24.1. The SMILES string of the molecule is Cc1cccnc1-c1cncc(-c2cccc(-c3c4ccccc4c(-c4ccc5c(c4)CCC=C5)c4ccccc34)c2)c1. The first-order valence-electron chi connectivity index (χ1n) is 15.0. The van der Waals surface area contributed by atoms with Crippen LogP contribution in [0.2, 0.25) is 0 Å². The molecule has 1 aliphatic carbocycles. The average molecular weight is 551 g/mol. The number of hydrogen-bond acceptors (Lipinski definition) is 2. The molecule has 0 fully saturated rings. The Balaban J connectivity index is 1.33. The maximum absolute atomic E-state index is 4.63. The number of benzene rings is 5. The summed E-state index contributed by atoms with van der Waals surface area (Å²) in [6.45, 7) is 2.09. The highest BCUT2D eigenvalue weighted by molar-refractivity contribution is 6.21. The van der Waals surface area contributed by atoms with Crippen molar-refractivity contribution in [2.75, 3.05) is 0 Å². The van der Waals surface area contributed by atoms with Crippen LogP contribution >= 0.6 is 0 Å². The average Bonchev–Trinajstić information content (AvgIpc) is 3.07. The lowest BCUT2D eigenvalue weighted by atomic mass is 9.84. The van der Waals surface area contributed by atoms with Gasteiger partial charge >= 0.3 is 0 Å². The third-order valence-corrected chi connectivity index (χ3v) is 8.75. The topological polar surface area (TPSA) is 25.8 Å². The molecule has 0 bridgehead atoms. The van der Waals surface area contributed by atoms with Crippen molar-refractivity contribution in [2.24, 2.45) is 0 Å². The Morgan fingerprint density at radius 2 is 1.21 bits per heavy atom. The Kier molecular flexibility index (Phi) is 6.19. The van der Waals surface area contributed by atoms with Crippen LogP contribution in [0, 0.1) is 6.92 Å². The lowest BCUT2D eigenvalue weighted by molar-refractivity contribution is 0.986. The minimum absolute atomic E-state index is 0.971. The van der Waals surface area contributed by atoms with Gasteiger partial charge in [-0.2, -0.15) is 0 Å². The smallest absolute Gasteiger partial charge is 0.0746 e. The Morgan fingerprint density at radius 3 is 1.93 bits per heavy atom. The Hall–Kier alpha value is -5.34. The minimum atomic E-state index is 0.971. The van der Waals surface area contributed by atoms with Crippen LogP contribution in [-0.2, 0) is 6.42 Å². The predicted molar refractivity (Wildman–Crippen MR) is 181 cm³/mol. The first-order valence-corrected chi connectivity index (χ1v) is 15.0. The minimum Gasteiger partial charge on any atom is -0.263 e. The van der Waals surface area contributed by atoms with E-state index in [0.717, 1.165) is 40.8 Å². The highest BCUT2D eigenvalue weighted by Crippen LogP contribution is 2.44. The number of rotatable bonds is 4. The van der Waals surface area contributed by atoms with Crippen molar-refractivity contribution in [3.63, 3.8) is 0 Å². The van der Waals surface area contributed by atoms with Crippen molar-refractivity contribution in [1.82, 2.24) is 9.97 Å². The normalized spacial score (nSPS) is 12.5. The summed E-state index contributed by atoms with van der Waals surface area (Å²) >= 11 is 0. The summed E-state index contributed by atoms with van der Waals surface area (Å²) in [6, 6.07) is 39.9. The summed E-state index contributed by atoms with van der Waals surface area (Å²) in [7, 11) is 0. The third kappa shape index (κ3) is 4.43. The van der Waals surface area contributed by atoms with Gasteiger partial charge in [0.2, 0.25) is 0 Å². The molecule has 0 unspecified atom stereocenters. The molecule has 5 aromatic carbocycles. The van der Waals surface area contributed by atoms with E-state index in [4.69, 9.17) is 0 Å². The van der Waals surface area contributed by atoms with E-state index in [1.807, 2.05) is 24.7 Å². The molecule has 7 aromatic rings. The van der Waals surface area contributed by atoms with E-state index < -0.39 is 0 Å². The van der Waals surface area contributed by atoms with Crippen LogP contribution in [0.4, 0.5) is 0 Å². The number of fused-ring (bicyclic) bond motifs is 3. The van der Waals surface area contributed by atoms with Crippen LogP contribution in [0.3, 0.4) is 0 Å². The second-order valence-corrected chi connectivity index (χ2v) is 11.4. The van der Waals surface area contributed by atoms with Crippen molar-refractivity contribution in [1.29, 1.82) is 0 Å². The molecule has 2 nitrogen and oxygen atoms in total. The highest BCUT2D eigenvalue weighted by Gasteiger charge is 2.18. The zero-order valence-electron chi connectivity index (χ0n) is 24.1. The van der Waals surface area contributed by atoms with E-state index in [1.165, 1.54) is 54.9 Å². The fourth-order valence-corrected chi connectivity index (χ4v) is 6.71. The molecular formula is C41H30N2. The van der Waals surface area contributed by atoms with Gasteiger partial charge in [-0.3, -0.25) is 9.97 Å². The zero-order chi connectivity index (χ0) is 28.8. The molecular weight excluding hydrogens is 520 g/mol. The van der Waals surface area contributed by atoms with Gasteiger partial charge in [-0.05, 0) is 104 Å². The van der Waals surface area contributed by atoms with Gasteiger partial charge in [0.1, 0.15) is 0 Å². The Labute approximate surface area is 252 Å². The standard InChI is InChI=1S/C41H30N2/c1-27-10-9-21-43-41(27)34-24-33(25-42-26-34)30-13-8-14-31(23-30)39-35-15-4-6-17-37(35)40(38-18-7-5-16-36(38)39)32-20-19-28-11-2-3-12-29(28)22-32/h2,4-11,13-26H,3,12H2,1H3. The van der Waals surface area contributed by atoms with Gasteiger partial charge in [-0.1, -0.05) is 103 Å². The second kappa shape index (κ2) is 10.5. The molecule has 0 spiro atoms. The lowest BCUT2D eigenvalue weighted by Crippen LogP contribution is -1.96. The molecule has 2 heteroatoms. The Morgan fingerprint density at radius 1 is 0.558 bits per heavy atom. The molecule has 0 amide bonds. The molecule has 8 rings (SSSR count). The molecule has 0 saturated heterocycles. The number of nitrogens with zero attached hydrogens (tertiary/aromatic N) is 2. The summed E-state index contributed by atoms with van der Waals surface area (Å²) < 4.78 is 0. The van der Waals surface area contributed by atoms with Crippen molar-refractivity contribution in [2.45, 2.75) is 19.8 Å². The highest BCUT2D eigenvalue weighted by atomic mass is 14.7. The summed E-state index contributed by atoms with van der Waals surface area (Å²) in [6.07, 6.45) is 12.4. The first kappa shape index (κ1) is 25.4. The lowest BCUT2D eigenvalue weighted by Gasteiger charge is -2.19. The van der Waals surface area contributed by atoms with Crippen LogP contribution in [0.1, 0.15) is 23.1 Å². The maximum atomic E-state index is 4.63. The van der Waals surface area contributed by atoms with Crippen molar-refractivity contribution in [3.05, 3.63) is 151 Å². The van der Waals surface area contributed by atoms with Gasteiger partial charge in [0.05, 0.1) is 5.69 Å². The van der Waals surface area contributed by atoms with Crippen LogP contribution in [-0.4, -0.2) is 9.97 Å². The molecule has 0 N–H and O–H groups in total. The predicted octanol–water partition coefficient (Wildman–Crippen LogP) is 10.7. The maximum Gasteiger partial charge on any atom is 0.0746 e. The molecule has 2 aromatic heterocycles. The molecule has 204 valence electrons. The fourth-order valence-electron chi connectivity index (χ4n) is 6.71. The van der Waals surface area contributed by atoms with E-state index in [1.54, 1.807) is 0 Å². The van der Waals surface area contributed by atoms with Gasteiger partial charge in [0, 0.05) is 29.7 Å². The molecule has 0 aliphatic heterocycles. The number of allylic oxidation sites excluding steroid dienone is 1. The monoisotopic (exact) mass is 550 g/mol. The molecule has 0 radical (unpaired) electrons. The number of hydrogen-bond donors (Lipinski definition) is 0. The van der Waals surface area contributed by atoms with E-state index in [2.05, 4.69) is 132 Å². The number of pyridine rings is 2. The molecule has 2 heterocycles. The van der Waals surface area contributed by atoms with E-state index in [9.17, 15) is 0 Å². The third-order valence-electron chi connectivity index (χ3n) is 8.75. The Bertz CT molecular complexity index is 2150. The van der Waals surface area contributed by atoms with Crippen LogP contribution < -0.4 is 0 Å². The van der Waals surface area contributed by atoms with Crippen LogP contribution in [0.15, 0.2) is 134 Å². The van der Waals surface area contributed by atoms with Crippen molar-refractivity contribution in [3.8, 4) is 44.6 Å².